The van der Waals surface area contributed by atoms with Crippen LogP contribution >= 0.6 is 0 Å². The first kappa shape index (κ1) is 20.9. The molecule has 150 valence electrons. The van der Waals surface area contributed by atoms with Crippen molar-refractivity contribution in [3.63, 3.8) is 0 Å². The van der Waals surface area contributed by atoms with Crippen LogP contribution in [0.15, 0.2) is 33.5 Å². The lowest BCUT2D eigenvalue weighted by molar-refractivity contribution is -0.143. The highest BCUT2D eigenvalue weighted by Gasteiger charge is 2.23. The third kappa shape index (κ3) is 5.57. The molecular formula is C19H22N2O7. The minimum atomic E-state index is -1.14. The summed E-state index contributed by atoms with van der Waals surface area (Å²) in [4.78, 5) is 46.1. The summed E-state index contributed by atoms with van der Waals surface area (Å²) < 4.78 is 10.5. The molecule has 28 heavy (non-hydrogen) atoms. The number of fused-ring (bicyclic) bond motifs is 1. The van der Waals surface area contributed by atoms with E-state index in [0.29, 0.717) is 11.3 Å². The molecule has 1 aromatic heterocycles. The highest BCUT2D eigenvalue weighted by Crippen LogP contribution is 2.22. The zero-order valence-corrected chi connectivity index (χ0v) is 15.8. The van der Waals surface area contributed by atoms with Crippen molar-refractivity contribution in [2.24, 2.45) is 5.92 Å². The molecule has 2 amide bonds. The smallest absolute Gasteiger partial charge is 0.336 e. The molecule has 2 aromatic rings. The van der Waals surface area contributed by atoms with E-state index in [1.165, 1.54) is 12.1 Å². The number of amides is 2. The Hall–Kier alpha value is -3.36. The fraction of sp³-hybridized carbons (Fsp3) is 0.368. The fourth-order valence-electron chi connectivity index (χ4n) is 2.51. The molecule has 9 nitrogen and oxygen atoms in total. The summed E-state index contributed by atoms with van der Waals surface area (Å²) in [6.45, 7) is 4.38. The SMILES string of the molecule is Cc1cc(=O)oc2cc(OCC(=O)NCC(=O)NC(C(=O)O)C(C)C)ccc12. The van der Waals surface area contributed by atoms with Crippen LogP contribution < -0.4 is 21.0 Å². The maximum absolute atomic E-state index is 11.8. The number of carboxylic acids is 1. The molecule has 0 saturated heterocycles. The predicted molar refractivity (Wildman–Crippen MR) is 100 cm³/mol. The van der Waals surface area contributed by atoms with Crippen LogP contribution in [0.3, 0.4) is 0 Å². The van der Waals surface area contributed by atoms with E-state index in [4.69, 9.17) is 14.3 Å². The molecule has 0 aliphatic carbocycles. The van der Waals surface area contributed by atoms with E-state index in [9.17, 15) is 19.2 Å². The molecule has 1 unspecified atom stereocenters. The van der Waals surface area contributed by atoms with Gasteiger partial charge < -0.3 is 24.9 Å². The highest BCUT2D eigenvalue weighted by molar-refractivity contribution is 5.88. The summed E-state index contributed by atoms with van der Waals surface area (Å²) in [5, 5.41) is 14.5. The number of carbonyl (C=O) groups is 3. The highest BCUT2D eigenvalue weighted by atomic mass is 16.5. The quantitative estimate of drug-likeness (QED) is 0.568. The van der Waals surface area contributed by atoms with E-state index < -0.39 is 29.5 Å². The molecule has 3 N–H and O–H groups in total. The summed E-state index contributed by atoms with van der Waals surface area (Å²) in [5.41, 5.74) is 0.630. The molecule has 0 aliphatic heterocycles. The lowest BCUT2D eigenvalue weighted by atomic mass is 10.1. The number of carbonyl (C=O) groups excluding carboxylic acids is 2. The summed E-state index contributed by atoms with van der Waals surface area (Å²) in [5.74, 6) is -2.28. The first-order chi connectivity index (χ1) is 13.2. The topological polar surface area (TPSA) is 135 Å². The normalized spacial score (nSPS) is 11.9. The minimum Gasteiger partial charge on any atom is -0.484 e. The Morgan fingerprint density at radius 2 is 1.89 bits per heavy atom. The van der Waals surface area contributed by atoms with Crippen molar-refractivity contribution in [2.75, 3.05) is 13.2 Å². The first-order valence-corrected chi connectivity index (χ1v) is 8.63. The second-order valence-electron chi connectivity index (χ2n) is 6.60. The van der Waals surface area contributed by atoms with Gasteiger partial charge in [-0.25, -0.2) is 9.59 Å². The second-order valence-corrected chi connectivity index (χ2v) is 6.60. The molecule has 0 spiro atoms. The average molecular weight is 390 g/mol. The predicted octanol–water partition coefficient (Wildman–Crippen LogP) is 0.822. The van der Waals surface area contributed by atoms with Crippen LogP contribution in [0.1, 0.15) is 19.4 Å². The second kappa shape index (κ2) is 9.03. The molecule has 0 radical (unpaired) electrons. The molecular weight excluding hydrogens is 368 g/mol. The number of benzene rings is 1. The largest absolute Gasteiger partial charge is 0.484 e. The van der Waals surface area contributed by atoms with Crippen LogP contribution in [0, 0.1) is 12.8 Å². The molecule has 2 rings (SSSR count). The Morgan fingerprint density at radius 1 is 1.18 bits per heavy atom. The Labute approximate surface area is 160 Å². The molecule has 1 atom stereocenters. The Bertz CT molecular complexity index is 949. The lowest BCUT2D eigenvalue weighted by Gasteiger charge is -2.18. The van der Waals surface area contributed by atoms with Crippen LogP contribution in [0.5, 0.6) is 5.75 Å². The van der Waals surface area contributed by atoms with Crippen molar-refractivity contribution in [3.05, 3.63) is 40.2 Å². The molecule has 1 aromatic carbocycles. The molecule has 0 bridgehead atoms. The summed E-state index contributed by atoms with van der Waals surface area (Å²) in [6.07, 6.45) is 0. The summed E-state index contributed by atoms with van der Waals surface area (Å²) in [6, 6.07) is 5.21. The van der Waals surface area contributed by atoms with Crippen molar-refractivity contribution in [3.8, 4) is 5.75 Å². The van der Waals surface area contributed by atoms with Crippen LogP contribution in [0.25, 0.3) is 11.0 Å². The summed E-state index contributed by atoms with van der Waals surface area (Å²) >= 11 is 0. The van der Waals surface area contributed by atoms with Crippen molar-refractivity contribution < 1.29 is 28.6 Å². The van der Waals surface area contributed by atoms with Gasteiger partial charge in [0.1, 0.15) is 17.4 Å². The Morgan fingerprint density at radius 3 is 2.54 bits per heavy atom. The molecule has 0 fully saturated rings. The van der Waals surface area contributed by atoms with Gasteiger partial charge in [-0.05, 0) is 30.5 Å². The van der Waals surface area contributed by atoms with Crippen molar-refractivity contribution in [2.45, 2.75) is 26.8 Å². The van der Waals surface area contributed by atoms with Crippen molar-refractivity contribution in [1.82, 2.24) is 10.6 Å². The standard InChI is InChI=1S/C19H22N2O7/c1-10(2)18(19(25)26)21-15(22)8-20-16(23)9-27-12-4-5-13-11(3)6-17(24)28-14(13)7-12/h4-7,10,18H,8-9H2,1-3H3,(H,20,23)(H,21,22)(H,25,26). The molecule has 9 heteroatoms. The van der Waals surface area contributed by atoms with E-state index in [-0.39, 0.29) is 19.1 Å². The van der Waals surface area contributed by atoms with E-state index >= 15 is 0 Å². The summed E-state index contributed by atoms with van der Waals surface area (Å²) in [7, 11) is 0. The maximum atomic E-state index is 11.8. The van der Waals surface area contributed by atoms with Gasteiger partial charge in [0.15, 0.2) is 6.61 Å². The van der Waals surface area contributed by atoms with E-state index in [2.05, 4.69) is 10.6 Å². The van der Waals surface area contributed by atoms with Crippen LogP contribution in [0.2, 0.25) is 0 Å². The van der Waals surface area contributed by atoms with Crippen molar-refractivity contribution >= 4 is 28.8 Å². The fourth-order valence-corrected chi connectivity index (χ4v) is 2.51. The first-order valence-electron chi connectivity index (χ1n) is 8.63. The number of aryl methyl sites for hydroxylation is 1. The number of rotatable bonds is 8. The minimum absolute atomic E-state index is 0.294. The van der Waals surface area contributed by atoms with E-state index in [1.54, 1.807) is 32.9 Å². The Kier molecular flexibility index (Phi) is 6.75. The lowest BCUT2D eigenvalue weighted by Crippen LogP contribution is -2.48. The van der Waals surface area contributed by atoms with Gasteiger partial charge in [0, 0.05) is 17.5 Å². The van der Waals surface area contributed by atoms with Gasteiger partial charge in [0.05, 0.1) is 6.54 Å². The van der Waals surface area contributed by atoms with Crippen molar-refractivity contribution in [1.29, 1.82) is 0 Å². The van der Waals surface area contributed by atoms with Crippen LogP contribution in [-0.2, 0) is 14.4 Å². The average Bonchev–Trinajstić information content (AvgIpc) is 2.61. The zero-order valence-electron chi connectivity index (χ0n) is 15.8. The van der Waals surface area contributed by atoms with Crippen LogP contribution in [0.4, 0.5) is 0 Å². The number of ether oxygens (including phenoxy) is 1. The van der Waals surface area contributed by atoms with Gasteiger partial charge in [-0.1, -0.05) is 13.8 Å². The van der Waals surface area contributed by atoms with Crippen LogP contribution in [-0.4, -0.2) is 42.1 Å². The van der Waals surface area contributed by atoms with Gasteiger partial charge in [-0.15, -0.1) is 0 Å². The molecule has 0 aliphatic rings. The number of carboxylic acid groups (broad SMARTS) is 1. The molecule has 1 heterocycles. The van der Waals surface area contributed by atoms with E-state index in [0.717, 1.165) is 10.9 Å². The van der Waals surface area contributed by atoms with E-state index in [1.807, 2.05) is 0 Å². The molecule has 0 saturated carbocycles. The number of hydrogen-bond donors (Lipinski definition) is 3. The van der Waals surface area contributed by atoms with Gasteiger partial charge in [-0.3, -0.25) is 9.59 Å². The van der Waals surface area contributed by atoms with Gasteiger partial charge in [0.25, 0.3) is 5.91 Å². The number of nitrogens with one attached hydrogen (secondary N) is 2. The number of hydrogen-bond acceptors (Lipinski definition) is 6. The van der Waals surface area contributed by atoms with Gasteiger partial charge in [-0.2, -0.15) is 0 Å². The monoisotopic (exact) mass is 390 g/mol. The zero-order chi connectivity index (χ0) is 20.8. The van der Waals surface area contributed by atoms with Gasteiger partial charge in [0.2, 0.25) is 5.91 Å². The third-order valence-corrected chi connectivity index (χ3v) is 3.99. The Balaban J connectivity index is 1.87. The third-order valence-electron chi connectivity index (χ3n) is 3.99. The van der Waals surface area contributed by atoms with Gasteiger partial charge >= 0.3 is 11.6 Å². The maximum Gasteiger partial charge on any atom is 0.336 e. The number of aliphatic carboxylic acids is 1.